The van der Waals surface area contributed by atoms with Crippen LogP contribution in [0.2, 0.25) is 5.02 Å². The van der Waals surface area contributed by atoms with Gasteiger partial charge in [-0.2, -0.15) is 0 Å². The van der Waals surface area contributed by atoms with Crippen molar-refractivity contribution in [1.82, 2.24) is 14.1 Å². The molecular weight excluding hydrogens is 308 g/mol. The van der Waals surface area contributed by atoms with E-state index < -0.39 is 0 Å². The van der Waals surface area contributed by atoms with Crippen LogP contribution < -0.4 is 5.62 Å². The average molecular weight is 323 g/mol. The van der Waals surface area contributed by atoms with Crippen molar-refractivity contribution >= 4 is 33.4 Å². The van der Waals surface area contributed by atoms with Crippen molar-refractivity contribution in [2.75, 3.05) is 0 Å². The molecule has 0 bridgehead atoms. The van der Waals surface area contributed by atoms with Gasteiger partial charge in [-0.3, -0.25) is 10.4 Å². The third-order valence-corrected chi connectivity index (χ3v) is 4.53. The zero-order valence-corrected chi connectivity index (χ0v) is 13.4. The molecule has 0 radical (unpaired) electrons. The number of rotatable bonds is 2. The van der Waals surface area contributed by atoms with Gasteiger partial charge in [0, 0.05) is 18.6 Å². The van der Waals surface area contributed by atoms with Gasteiger partial charge in [0.05, 0.1) is 28.3 Å². The van der Waals surface area contributed by atoms with E-state index in [1.165, 1.54) is 0 Å². The van der Waals surface area contributed by atoms with E-state index in [2.05, 4.69) is 17.1 Å². The zero-order chi connectivity index (χ0) is 16.0. The number of nitrogens with one attached hydrogen (secondary N) is 1. The minimum atomic E-state index is 0.405. The molecule has 0 amide bonds. The highest BCUT2D eigenvalue weighted by Crippen LogP contribution is 2.23. The minimum absolute atomic E-state index is 0.405. The molecule has 114 valence electrons. The predicted octanol–water partition coefficient (Wildman–Crippen LogP) is 3.71. The summed E-state index contributed by atoms with van der Waals surface area (Å²) in [6.45, 7) is 0.540. The third kappa shape index (κ3) is 2.14. The van der Waals surface area contributed by atoms with Gasteiger partial charge >= 0.3 is 0 Å². The quantitative estimate of drug-likeness (QED) is 0.601. The lowest BCUT2D eigenvalue weighted by atomic mass is 10.1. The standard InChI is InChI=1S/C18H15ClN4/c1-22-17-14(19)7-4-8-16(17)23(18(22)20)11-15-13-6-3-2-5-12(13)9-10-21-15/h2-10,20H,11H2,1H3. The van der Waals surface area contributed by atoms with Crippen LogP contribution in [0.1, 0.15) is 5.69 Å². The molecule has 0 aliphatic carbocycles. The molecule has 0 atom stereocenters. The Bertz CT molecular complexity index is 1090. The van der Waals surface area contributed by atoms with Gasteiger partial charge in [0.1, 0.15) is 0 Å². The number of halogens is 1. The maximum atomic E-state index is 8.42. The van der Waals surface area contributed by atoms with E-state index in [9.17, 15) is 0 Å². The summed E-state index contributed by atoms with van der Waals surface area (Å²) in [7, 11) is 1.86. The summed E-state index contributed by atoms with van der Waals surface area (Å²) in [6, 6.07) is 15.9. The Balaban J connectivity index is 1.96. The Hall–Kier alpha value is -2.59. The van der Waals surface area contributed by atoms with E-state index in [4.69, 9.17) is 17.0 Å². The van der Waals surface area contributed by atoms with Crippen LogP contribution in [0.3, 0.4) is 0 Å². The van der Waals surface area contributed by atoms with E-state index in [0.717, 1.165) is 27.5 Å². The third-order valence-electron chi connectivity index (χ3n) is 4.23. The van der Waals surface area contributed by atoms with Gasteiger partial charge in [0.2, 0.25) is 5.62 Å². The van der Waals surface area contributed by atoms with E-state index in [1.54, 1.807) is 0 Å². The molecule has 0 aliphatic heterocycles. The van der Waals surface area contributed by atoms with Crippen LogP contribution in [0.25, 0.3) is 21.8 Å². The first kappa shape index (κ1) is 14.0. The van der Waals surface area contributed by atoms with Gasteiger partial charge in [-0.15, -0.1) is 0 Å². The Kier molecular flexibility index (Phi) is 3.20. The van der Waals surface area contributed by atoms with Crippen LogP contribution in [-0.4, -0.2) is 14.1 Å². The Morgan fingerprint density at radius 3 is 2.78 bits per heavy atom. The molecule has 5 heteroatoms. The molecule has 4 nitrogen and oxygen atoms in total. The van der Waals surface area contributed by atoms with Crippen LogP contribution in [-0.2, 0) is 13.6 Å². The molecule has 2 heterocycles. The summed E-state index contributed by atoms with van der Waals surface area (Å²) < 4.78 is 3.75. The molecular formula is C18H15ClN4. The summed E-state index contributed by atoms with van der Waals surface area (Å²) in [6.07, 6.45) is 1.82. The van der Waals surface area contributed by atoms with Crippen LogP contribution in [0.15, 0.2) is 54.7 Å². The lowest BCUT2D eigenvalue weighted by Crippen LogP contribution is -2.23. The fourth-order valence-electron chi connectivity index (χ4n) is 3.07. The maximum Gasteiger partial charge on any atom is 0.203 e. The van der Waals surface area contributed by atoms with Crippen molar-refractivity contribution in [3.63, 3.8) is 0 Å². The molecule has 2 aromatic heterocycles. The van der Waals surface area contributed by atoms with Gasteiger partial charge in [-0.05, 0) is 23.6 Å². The number of benzene rings is 2. The topological polar surface area (TPSA) is 46.6 Å². The second-order valence-corrected chi connectivity index (χ2v) is 5.96. The molecule has 4 aromatic rings. The molecule has 0 spiro atoms. The number of hydrogen-bond acceptors (Lipinski definition) is 2. The number of pyridine rings is 1. The SMILES string of the molecule is Cn1c(=N)n(Cc2nccc3ccccc23)c2cccc(Cl)c21. The van der Waals surface area contributed by atoms with Crippen LogP contribution in [0.5, 0.6) is 0 Å². The molecule has 0 aliphatic rings. The normalized spacial score (nSPS) is 11.4. The Morgan fingerprint density at radius 1 is 1.09 bits per heavy atom. The van der Waals surface area contributed by atoms with E-state index >= 15 is 0 Å². The first-order valence-electron chi connectivity index (χ1n) is 7.38. The van der Waals surface area contributed by atoms with Crippen molar-refractivity contribution in [3.05, 3.63) is 71.1 Å². The number of para-hydroxylation sites is 1. The lowest BCUT2D eigenvalue weighted by Gasteiger charge is -2.07. The van der Waals surface area contributed by atoms with Gasteiger partial charge < -0.3 is 9.13 Å². The second kappa shape index (κ2) is 5.25. The first-order chi connectivity index (χ1) is 11.2. The van der Waals surface area contributed by atoms with Gasteiger partial charge in [-0.1, -0.05) is 41.9 Å². The largest absolute Gasteiger partial charge is 0.312 e. The summed E-state index contributed by atoms with van der Waals surface area (Å²) in [4.78, 5) is 4.54. The fraction of sp³-hybridized carbons (Fsp3) is 0.111. The summed E-state index contributed by atoms with van der Waals surface area (Å²) in [5.74, 6) is 0. The highest BCUT2D eigenvalue weighted by atomic mass is 35.5. The Labute approximate surface area is 138 Å². The molecule has 0 unspecified atom stereocenters. The van der Waals surface area contributed by atoms with Crippen LogP contribution in [0, 0.1) is 5.41 Å². The van der Waals surface area contributed by atoms with Crippen molar-refractivity contribution in [2.24, 2.45) is 7.05 Å². The molecule has 0 fully saturated rings. The first-order valence-corrected chi connectivity index (χ1v) is 7.75. The van der Waals surface area contributed by atoms with Gasteiger partial charge in [-0.25, -0.2) is 0 Å². The van der Waals surface area contributed by atoms with Crippen LogP contribution in [0.4, 0.5) is 0 Å². The number of aromatic nitrogens is 3. The number of nitrogens with zero attached hydrogens (tertiary/aromatic N) is 3. The number of imidazole rings is 1. The highest BCUT2D eigenvalue weighted by molar-refractivity contribution is 6.35. The number of hydrogen-bond donors (Lipinski definition) is 1. The molecule has 4 rings (SSSR count). The van der Waals surface area contributed by atoms with Crippen molar-refractivity contribution in [2.45, 2.75) is 6.54 Å². The van der Waals surface area contributed by atoms with Crippen molar-refractivity contribution in [1.29, 1.82) is 5.41 Å². The highest BCUT2D eigenvalue weighted by Gasteiger charge is 2.13. The van der Waals surface area contributed by atoms with E-state index in [0.29, 0.717) is 17.2 Å². The molecule has 23 heavy (non-hydrogen) atoms. The zero-order valence-electron chi connectivity index (χ0n) is 12.6. The smallest absolute Gasteiger partial charge is 0.203 e. The average Bonchev–Trinajstić information content (AvgIpc) is 2.81. The minimum Gasteiger partial charge on any atom is -0.312 e. The lowest BCUT2D eigenvalue weighted by molar-refractivity contribution is 0.688. The molecule has 1 N–H and O–H groups in total. The maximum absolute atomic E-state index is 8.42. The fourth-order valence-corrected chi connectivity index (χ4v) is 3.37. The summed E-state index contributed by atoms with van der Waals surface area (Å²) in [5.41, 5.74) is 3.18. The Morgan fingerprint density at radius 2 is 1.91 bits per heavy atom. The summed E-state index contributed by atoms with van der Waals surface area (Å²) >= 11 is 6.31. The van der Waals surface area contributed by atoms with Gasteiger partial charge in [0.15, 0.2) is 0 Å². The van der Waals surface area contributed by atoms with E-state index in [-0.39, 0.29) is 0 Å². The number of fused-ring (bicyclic) bond motifs is 2. The molecule has 0 saturated heterocycles. The van der Waals surface area contributed by atoms with Crippen molar-refractivity contribution in [3.8, 4) is 0 Å². The summed E-state index contributed by atoms with van der Waals surface area (Å²) in [5, 5.41) is 11.3. The molecule has 2 aromatic carbocycles. The predicted molar refractivity (Wildman–Crippen MR) is 92.6 cm³/mol. The van der Waals surface area contributed by atoms with Gasteiger partial charge in [0.25, 0.3) is 0 Å². The van der Waals surface area contributed by atoms with Crippen molar-refractivity contribution < 1.29 is 0 Å². The molecule has 0 saturated carbocycles. The van der Waals surface area contributed by atoms with Crippen LogP contribution >= 0.6 is 11.6 Å². The van der Waals surface area contributed by atoms with E-state index in [1.807, 2.05) is 58.8 Å². The number of aryl methyl sites for hydroxylation is 1. The monoisotopic (exact) mass is 322 g/mol. The second-order valence-electron chi connectivity index (χ2n) is 5.56.